The van der Waals surface area contributed by atoms with Crippen LogP contribution in [0, 0.1) is 11.8 Å². The molecule has 1 heterocycles. The zero-order valence-corrected chi connectivity index (χ0v) is 18.9. The first-order valence-electron chi connectivity index (χ1n) is 9.99. The lowest BCUT2D eigenvalue weighted by atomic mass is 9.96. The van der Waals surface area contributed by atoms with Gasteiger partial charge in [0.1, 0.15) is 18.6 Å². The highest BCUT2D eigenvalue weighted by molar-refractivity contribution is 6.12. The molecule has 2 aromatic rings. The molecule has 33 heavy (non-hydrogen) atoms. The van der Waals surface area contributed by atoms with E-state index in [4.69, 9.17) is 19.1 Å². The van der Waals surface area contributed by atoms with Crippen molar-refractivity contribution in [2.24, 2.45) is 0 Å². The third kappa shape index (κ3) is 6.20. The van der Waals surface area contributed by atoms with Crippen LogP contribution in [0.15, 0.2) is 41.0 Å². The van der Waals surface area contributed by atoms with Gasteiger partial charge in [0, 0.05) is 32.3 Å². The topological polar surface area (TPSA) is 130 Å². The predicted octanol–water partition coefficient (Wildman–Crippen LogP) is 0.925. The molecule has 3 amide bonds. The summed E-state index contributed by atoms with van der Waals surface area (Å²) < 4.78 is 15.7. The Hall–Kier alpha value is -3.65. The number of nitrogens with one attached hydrogen (secondary N) is 2. The standard InChI is InChI=1S/C23H27N3O7/c1-23(21(28)24-2,22(29)25-30)26(3)20(27)18-9-7-16(8-10-18)5-6-17-13-19(33-14-17)15-32-12-11-31-4/h7-10,13-14,30H,11-12,15H2,1-4H3,(H,24,28)(H,25,29)/t23-/m0/s1. The maximum atomic E-state index is 12.9. The molecule has 0 fully saturated rings. The fraction of sp³-hybridized carbons (Fsp3) is 0.348. The van der Waals surface area contributed by atoms with Crippen molar-refractivity contribution < 1.29 is 33.5 Å². The van der Waals surface area contributed by atoms with E-state index in [1.54, 1.807) is 25.3 Å². The fourth-order valence-corrected chi connectivity index (χ4v) is 2.83. The summed E-state index contributed by atoms with van der Waals surface area (Å²) in [6.45, 7) is 2.52. The number of carbonyl (C=O) groups is 3. The molecule has 1 aromatic carbocycles. The Morgan fingerprint density at radius 1 is 1.12 bits per heavy atom. The Kier molecular flexibility index (Phi) is 9.18. The second-order valence-corrected chi connectivity index (χ2v) is 7.13. The number of likely N-dealkylation sites (N-methyl/N-ethyl adjacent to an activating group) is 2. The van der Waals surface area contributed by atoms with Crippen LogP contribution in [0.2, 0.25) is 0 Å². The van der Waals surface area contributed by atoms with E-state index in [1.165, 1.54) is 44.9 Å². The van der Waals surface area contributed by atoms with Gasteiger partial charge in [-0.15, -0.1) is 0 Å². The highest BCUT2D eigenvalue weighted by Crippen LogP contribution is 2.18. The molecule has 0 aliphatic carbocycles. The Morgan fingerprint density at radius 2 is 1.79 bits per heavy atom. The molecular weight excluding hydrogens is 430 g/mol. The van der Waals surface area contributed by atoms with Crippen LogP contribution in [0.1, 0.15) is 34.2 Å². The minimum absolute atomic E-state index is 0.239. The van der Waals surface area contributed by atoms with Crippen molar-refractivity contribution in [1.29, 1.82) is 0 Å². The number of carbonyl (C=O) groups excluding carboxylic acids is 3. The lowest BCUT2D eigenvalue weighted by molar-refractivity contribution is -0.148. The summed E-state index contributed by atoms with van der Waals surface area (Å²) in [5, 5.41) is 11.3. The van der Waals surface area contributed by atoms with Crippen molar-refractivity contribution >= 4 is 17.7 Å². The van der Waals surface area contributed by atoms with Crippen LogP contribution < -0.4 is 10.8 Å². The van der Waals surface area contributed by atoms with Gasteiger partial charge in [-0.2, -0.15) is 0 Å². The number of hydrogen-bond donors (Lipinski definition) is 3. The molecule has 0 spiro atoms. The first-order chi connectivity index (χ1) is 15.8. The van der Waals surface area contributed by atoms with Gasteiger partial charge in [-0.05, 0) is 37.3 Å². The number of nitrogens with zero attached hydrogens (tertiary/aromatic N) is 1. The predicted molar refractivity (Wildman–Crippen MR) is 117 cm³/mol. The lowest BCUT2D eigenvalue weighted by Crippen LogP contribution is -2.64. The summed E-state index contributed by atoms with van der Waals surface area (Å²) in [7, 11) is 4.23. The summed E-state index contributed by atoms with van der Waals surface area (Å²) in [5.74, 6) is 4.21. The van der Waals surface area contributed by atoms with E-state index in [9.17, 15) is 14.4 Å². The zero-order valence-electron chi connectivity index (χ0n) is 18.9. The molecule has 1 aromatic heterocycles. The van der Waals surface area contributed by atoms with Crippen LogP contribution in [0.5, 0.6) is 0 Å². The smallest absolute Gasteiger partial charge is 0.278 e. The Bertz CT molecular complexity index is 1020. The number of ether oxygens (including phenoxy) is 2. The van der Waals surface area contributed by atoms with Gasteiger partial charge in [0.05, 0.1) is 18.8 Å². The normalized spacial score (nSPS) is 12.2. The Balaban J connectivity index is 2.10. The molecule has 176 valence electrons. The van der Waals surface area contributed by atoms with Gasteiger partial charge in [-0.1, -0.05) is 11.8 Å². The van der Waals surface area contributed by atoms with Crippen LogP contribution in [0.3, 0.4) is 0 Å². The fourth-order valence-electron chi connectivity index (χ4n) is 2.83. The Labute approximate surface area is 191 Å². The van der Waals surface area contributed by atoms with Gasteiger partial charge >= 0.3 is 0 Å². The zero-order chi connectivity index (χ0) is 24.4. The van der Waals surface area contributed by atoms with E-state index < -0.39 is 23.3 Å². The molecule has 0 saturated heterocycles. The number of amides is 3. The van der Waals surface area contributed by atoms with E-state index in [0.717, 1.165) is 4.90 Å². The molecule has 0 radical (unpaired) electrons. The quantitative estimate of drug-likeness (QED) is 0.168. The molecule has 0 saturated carbocycles. The van der Waals surface area contributed by atoms with Crippen LogP contribution in [0.4, 0.5) is 0 Å². The van der Waals surface area contributed by atoms with Crippen LogP contribution in [-0.2, 0) is 25.7 Å². The first kappa shape index (κ1) is 25.6. The van der Waals surface area contributed by atoms with Crippen molar-refractivity contribution in [2.75, 3.05) is 34.4 Å². The van der Waals surface area contributed by atoms with Gasteiger partial charge in [0.2, 0.25) is 0 Å². The van der Waals surface area contributed by atoms with E-state index in [1.807, 2.05) is 0 Å². The van der Waals surface area contributed by atoms with Gasteiger partial charge < -0.3 is 24.1 Å². The maximum absolute atomic E-state index is 12.9. The lowest BCUT2D eigenvalue weighted by Gasteiger charge is -2.34. The highest BCUT2D eigenvalue weighted by atomic mass is 16.5. The van der Waals surface area contributed by atoms with Gasteiger partial charge in [0.25, 0.3) is 17.7 Å². The number of methoxy groups -OCH3 is 1. The van der Waals surface area contributed by atoms with E-state index in [-0.39, 0.29) is 5.56 Å². The van der Waals surface area contributed by atoms with E-state index >= 15 is 0 Å². The molecule has 0 unspecified atom stereocenters. The first-order valence-corrected chi connectivity index (χ1v) is 9.99. The summed E-state index contributed by atoms with van der Waals surface area (Å²) >= 11 is 0. The third-order valence-electron chi connectivity index (χ3n) is 5.00. The second kappa shape index (κ2) is 11.8. The SMILES string of the molecule is CNC(=O)[C@@](C)(C(=O)NO)N(C)C(=O)c1ccc(C#Cc2coc(COCCOC)c2)cc1. The average Bonchev–Trinajstić information content (AvgIpc) is 3.30. The number of benzene rings is 1. The summed E-state index contributed by atoms with van der Waals surface area (Å²) in [5.41, 5.74) is 1.05. The highest BCUT2D eigenvalue weighted by Gasteiger charge is 2.47. The summed E-state index contributed by atoms with van der Waals surface area (Å²) in [4.78, 5) is 38.2. The molecule has 1 atom stereocenters. The Morgan fingerprint density at radius 3 is 2.39 bits per heavy atom. The molecule has 2 rings (SSSR count). The van der Waals surface area contributed by atoms with Gasteiger partial charge in [0.15, 0.2) is 5.54 Å². The average molecular weight is 457 g/mol. The molecule has 0 aliphatic heterocycles. The molecule has 0 aliphatic rings. The van der Waals surface area contributed by atoms with Crippen molar-refractivity contribution in [3.8, 4) is 11.8 Å². The largest absolute Gasteiger partial charge is 0.466 e. The van der Waals surface area contributed by atoms with E-state index in [0.29, 0.717) is 36.7 Å². The molecule has 0 bridgehead atoms. The van der Waals surface area contributed by atoms with Crippen LogP contribution >= 0.6 is 0 Å². The van der Waals surface area contributed by atoms with Crippen LogP contribution in [-0.4, -0.2) is 67.8 Å². The monoisotopic (exact) mass is 457 g/mol. The van der Waals surface area contributed by atoms with Gasteiger partial charge in [-0.3, -0.25) is 19.6 Å². The van der Waals surface area contributed by atoms with Crippen LogP contribution in [0.25, 0.3) is 0 Å². The second-order valence-electron chi connectivity index (χ2n) is 7.13. The molecule has 10 nitrogen and oxygen atoms in total. The number of rotatable bonds is 9. The maximum Gasteiger partial charge on any atom is 0.278 e. The third-order valence-corrected chi connectivity index (χ3v) is 5.00. The minimum Gasteiger partial charge on any atom is -0.466 e. The van der Waals surface area contributed by atoms with Crippen molar-refractivity contribution in [2.45, 2.75) is 19.1 Å². The number of hydroxylamine groups is 1. The summed E-state index contributed by atoms with van der Waals surface area (Å²) in [6.07, 6.45) is 1.53. The summed E-state index contributed by atoms with van der Waals surface area (Å²) in [6, 6.07) is 8.14. The van der Waals surface area contributed by atoms with E-state index in [2.05, 4.69) is 17.2 Å². The minimum atomic E-state index is -1.95. The number of furan rings is 1. The van der Waals surface area contributed by atoms with Crippen molar-refractivity contribution in [3.05, 3.63) is 59.0 Å². The molecule has 10 heteroatoms. The van der Waals surface area contributed by atoms with Crippen molar-refractivity contribution in [3.63, 3.8) is 0 Å². The molecular formula is C23H27N3O7. The number of hydrogen-bond acceptors (Lipinski definition) is 7. The molecule has 3 N–H and O–H groups in total. The van der Waals surface area contributed by atoms with Gasteiger partial charge in [-0.25, -0.2) is 5.48 Å². The van der Waals surface area contributed by atoms with Crippen molar-refractivity contribution in [1.82, 2.24) is 15.7 Å².